The molecule has 0 aliphatic carbocycles. The van der Waals surface area contributed by atoms with Crippen LogP contribution in [-0.4, -0.2) is 29.1 Å². The van der Waals surface area contributed by atoms with E-state index in [2.05, 4.69) is 5.32 Å². The van der Waals surface area contributed by atoms with Gasteiger partial charge in [0.05, 0.1) is 6.42 Å². The molecule has 5 heteroatoms. The quantitative estimate of drug-likeness (QED) is 0.596. The SMILES string of the molecule is CC(N)CCCC(C)C(=O)NC(C)CC(=O)O. The predicted molar refractivity (Wildman–Crippen MR) is 66.5 cm³/mol. The molecule has 0 aliphatic heterocycles. The number of carboxylic acids is 1. The Balaban J connectivity index is 3.84. The Bertz CT molecular complexity index is 254. The van der Waals surface area contributed by atoms with E-state index in [1.165, 1.54) is 0 Å². The third-order valence-electron chi connectivity index (χ3n) is 2.61. The molecule has 0 aromatic rings. The number of nitrogens with two attached hydrogens (primary N) is 1. The second kappa shape index (κ2) is 8.06. The summed E-state index contributed by atoms with van der Waals surface area (Å²) < 4.78 is 0. The van der Waals surface area contributed by atoms with Gasteiger partial charge in [-0.3, -0.25) is 9.59 Å². The largest absolute Gasteiger partial charge is 0.481 e. The maximum atomic E-state index is 11.7. The van der Waals surface area contributed by atoms with Crippen LogP contribution in [0, 0.1) is 5.92 Å². The van der Waals surface area contributed by atoms with E-state index in [1.54, 1.807) is 6.92 Å². The molecule has 0 saturated heterocycles. The highest BCUT2D eigenvalue weighted by atomic mass is 16.4. The molecule has 3 unspecified atom stereocenters. The van der Waals surface area contributed by atoms with Crippen LogP contribution >= 0.6 is 0 Å². The third kappa shape index (κ3) is 8.68. The summed E-state index contributed by atoms with van der Waals surface area (Å²) in [6.07, 6.45) is 2.56. The fraction of sp³-hybridized carbons (Fsp3) is 0.833. The van der Waals surface area contributed by atoms with Crippen molar-refractivity contribution in [1.82, 2.24) is 5.32 Å². The Morgan fingerprint density at radius 1 is 1.24 bits per heavy atom. The monoisotopic (exact) mass is 244 g/mol. The highest BCUT2D eigenvalue weighted by Crippen LogP contribution is 2.09. The third-order valence-corrected chi connectivity index (χ3v) is 2.61. The number of aliphatic carboxylic acids is 1. The first-order valence-corrected chi connectivity index (χ1v) is 6.10. The van der Waals surface area contributed by atoms with Crippen LogP contribution in [0.4, 0.5) is 0 Å². The topological polar surface area (TPSA) is 92.4 Å². The van der Waals surface area contributed by atoms with Gasteiger partial charge in [-0.15, -0.1) is 0 Å². The number of carboxylic acid groups (broad SMARTS) is 1. The second-order valence-electron chi connectivity index (χ2n) is 4.82. The van der Waals surface area contributed by atoms with E-state index in [-0.39, 0.29) is 30.3 Å². The molecule has 4 N–H and O–H groups in total. The number of carbonyl (C=O) groups excluding carboxylic acids is 1. The fourth-order valence-electron chi connectivity index (χ4n) is 1.58. The molecule has 0 fully saturated rings. The van der Waals surface area contributed by atoms with Gasteiger partial charge in [0.2, 0.25) is 5.91 Å². The molecule has 0 radical (unpaired) electrons. The zero-order valence-electron chi connectivity index (χ0n) is 10.9. The molecule has 1 amide bonds. The van der Waals surface area contributed by atoms with Crippen molar-refractivity contribution in [1.29, 1.82) is 0 Å². The minimum Gasteiger partial charge on any atom is -0.481 e. The Morgan fingerprint density at radius 3 is 2.29 bits per heavy atom. The molecular weight excluding hydrogens is 220 g/mol. The van der Waals surface area contributed by atoms with E-state index in [0.717, 1.165) is 19.3 Å². The van der Waals surface area contributed by atoms with Gasteiger partial charge in [-0.05, 0) is 26.7 Å². The summed E-state index contributed by atoms with van der Waals surface area (Å²) in [6, 6.07) is -0.160. The lowest BCUT2D eigenvalue weighted by Gasteiger charge is -2.16. The summed E-state index contributed by atoms with van der Waals surface area (Å²) in [6.45, 7) is 5.49. The van der Waals surface area contributed by atoms with Crippen molar-refractivity contribution in [2.45, 2.75) is 58.5 Å². The first-order chi connectivity index (χ1) is 7.82. The van der Waals surface area contributed by atoms with Crippen molar-refractivity contribution < 1.29 is 14.7 Å². The van der Waals surface area contributed by atoms with Crippen LogP contribution in [0.1, 0.15) is 46.5 Å². The van der Waals surface area contributed by atoms with Crippen molar-refractivity contribution in [3.63, 3.8) is 0 Å². The Hall–Kier alpha value is -1.10. The number of rotatable bonds is 8. The van der Waals surface area contributed by atoms with Crippen LogP contribution in [0.3, 0.4) is 0 Å². The molecular formula is C12H24N2O3. The van der Waals surface area contributed by atoms with Crippen molar-refractivity contribution >= 4 is 11.9 Å². The van der Waals surface area contributed by atoms with Crippen LogP contribution in [0.25, 0.3) is 0 Å². The molecule has 3 atom stereocenters. The van der Waals surface area contributed by atoms with Gasteiger partial charge in [-0.1, -0.05) is 13.3 Å². The van der Waals surface area contributed by atoms with E-state index < -0.39 is 5.97 Å². The van der Waals surface area contributed by atoms with Gasteiger partial charge in [-0.2, -0.15) is 0 Å². The number of hydrogen-bond donors (Lipinski definition) is 3. The summed E-state index contributed by atoms with van der Waals surface area (Å²) >= 11 is 0. The average Bonchev–Trinajstić information content (AvgIpc) is 2.15. The fourth-order valence-corrected chi connectivity index (χ4v) is 1.58. The normalized spacial score (nSPS) is 16.0. The summed E-state index contributed by atoms with van der Waals surface area (Å²) in [5.41, 5.74) is 5.62. The molecule has 5 nitrogen and oxygen atoms in total. The van der Waals surface area contributed by atoms with Gasteiger partial charge in [0.25, 0.3) is 0 Å². The summed E-state index contributed by atoms with van der Waals surface area (Å²) in [5.74, 6) is -1.07. The predicted octanol–water partition coefficient (Wildman–Crippen LogP) is 1.12. The summed E-state index contributed by atoms with van der Waals surface area (Å²) in [7, 11) is 0. The van der Waals surface area contributed by atoms with Gasteiger partial charge >= 0.3 is 5.97 Å². The van der Waals surface area contributed by atoms with E-state index in [0.29, 0.717) is 0 Å². The van der Waals surface area contributed by atoms with E-state index in [4.69, 9.17) is 10.8 Å². The average molecular weight is 244 g/mol. The minimum absolute atomic E-state index is 0.0434. The van der Waals surface area contributed by atoms with E-state index in [1.807, 2.05) is 13.8 Å². The second-order valence-corrected chi connectivity index (χ2v) is 4.82. The maximum absolute atomic E-state index is 11.7. The Morgan fingerprint density at radius 2 is 1.82 bits per heavy atom. The molecule has 0 aromatic carbocycles. The first-order valence-electron chi connectivity index (χ1n) is 6.10. The molecule has 0 aliphatic rings. The smallest absolute Gasteiger partial charge is 0.305 e. The molecule has 0 spiro atoms. The van der Waals surface area contributed by atoms with Gasteiger partial charge in [-0.25, -0.2) is 0 Å². The number of carbonyl (C=O) groups is 2. The van der Waals surface area contributed by atoms with Crippen LogP contribution in [0.5, 0.6) is 0 Å². The molecule has 0 aromatic heterocycles. The van der Waals surface area contributed by atoms with Gasteiger partial charge in [0.15, 0.2) is 0 Å². The van der Waals surface area contributed by atoms with E-state index in [9.17, 15) is 9.59 Å². The van der Waals surface area contributed by atoms with Crippen LogP contribution in [0.2, 0.25) is 0 Å². The maximum Gasteiger partial charge on any atom is 0.305 e. The van der Waals surface area contributed by atoms with E-state index >= 15 is 0 Å². The Kier molecular flexibility index (Phi) is 7.54. The number of amides is 1. The van der Waals surface area contributed by atoms with Crippen LogP contribution in [0.15, 0.2) is 0 Å². The first kappa shape index (κ1) is 15.9. The number of hydrogen-bond acceptors (Lipinski definition) is 3. The molecule has 0 heterocycles. The minimum atomic E-state index is -0.901. The van der Waals surface area contributed by atoms with Crippen LogP contribution in [-0.2, 0) is 9.59 Å². The Labute approximate surface area is 103 Å². The lowest BCUT2D eigenvalue weighted by Crippen LogP contribution is -2.37. The highest BCUT2D eigenvalue weighted by Gasteiger charge is 2.16. The molecule has 17 heavy (non-hydrogen) atoms. The van der Waals surface area contributed by atoms with Crippen molar-refractivity contribution in [2.75, 3.05) is 0 Å². The standard InChI is InChI=1S/C12H24N2O3/c1-8(5-4-6-9(2)13)12(17)14-10(3)7-11(15)16/h8-10H,4-7,13H2,1-3H3,(H,14,17)(H,15,16). The summed E-state index contributed by atoms with van der Waals surface area (Å²) in [5, 5.41) is 11.3. The van der Waals surface area contributed by atoms with Crippen LogP contribution < -0.4 is 11.1 Å². The van der Waals surface area contributed by atoms with Gasteiger partial charge in [0, 0.05) is 18.0 Å². The zero-order chi connectivity index (χ0) is 13.4. The lowest BCUT2D eigenvalue weighted by atomic mass is 10.0. The molecule has 0 saturated carbocycles. The van der Waals surface area contributed by atoms with Crippen molar-refractivity contribution in [2.24, 2.45) is 11.7 Å². The lowest BCUT2D eigenvalue weighted by molar-refractivity contribution is -0.137. The van der Waals surface area contributed by atoms with Gasteiger partial charge in [0.1, 0.15) is 0 Å². The van der Waals surface area contributed by atoms with Gasteiger partial charge < -0.3 is 16.2 Å². The summed E-state index contributed by atoms with van der Waals surface area (Å²) in [4.78, 5) is 22.1. The molecule has 0 bridgehead atoms. The number of nitrogens with one attached hydrogen (secondary N) is 1. The molecule has 0 rings (SSSR count). The van der Waals surface area contributed by atoms with Crippen molar-refractivity contribution in [3.05, 3.63) is 0 Å². The molecule has 100 valence electrons. The zero-order valence-corrected chi connectivity index (χ0v) is 10.9. The highest BCUT2D eigenvalue weighted by molar-refractivity contribution is 5.79. The van der Waals surface area contributed by atoms with Crippen molar-refractivity contribution in [3.8, 4) is 0 Å².